The first-order chi connectivity index (χ1) is 17.1. The number of amides is 1. The summed E-state index contributed by atoms with van der Waals surface area (Å²) in [5.74, 6) is -0.190. The molecule has 1 aromatic heterocycles. The summed E-state index contributed by atoms with van der Waals surface area (Å²) in [6.45, 7) is 5.28. The molecule has 0 atom stereocenters. The van der Waals surface area contributed by atoms with Gasteiger partial charge in [0.25, 0.3) is 5.91 Å². The van der Waals surface area contributed by atoms with Crippen LogP contribution in [0.5, 0.6) is 0 Å². The molecule has 5 rings (SSSR count). The van der Waals surface area contributed by atoms with Crippen LogP contribution in [0.1, 0.15) is 22.5 Å². The molecule has 10 heteroatoms. The number of ether oxygens (including phenoxy) is 1. The Hall–Kier alpha value is -2.62. The van der Waals surface area contributed by atoms with E-state index in [9.17, 15) is 13.2 Å². The molecule has 0 radical (unpaired) electrons. The van der Waals surface area contributed by atoms with Crippen molar-refractivity contribution in [1.29, 1.82) is 0 Å². The molecule has 0 saturated carbocycles. The van der Waals surface area contributed by atoms with Crippen LogP contribution in [0, 0.1) is 13.8 Å². The summed E-state index contributed by atoms with van der Waals surface area (Å²) in [5, 5.41) is 0.932. The highest BCUT2D eigenvalue weighted by molar-refractivity contribution is 7.89. The van der Waals surface area contributed by atoms with Crippen molar-refractivity contribution >= 4 is 56.5 Å². The Morgan fingerprint density at radius 2 is 1.69 bits per heavy atom. The molecule has 0 spiro atoms. The standard InChI is InChI=1S/C26H25Cl2N3O4S/c1-16-12-18(17(2)31(16)19-4-6-23(27)24(28)14-19)13-22-21-15-20(5-7-25(21)29(3)26(22)32)36(33,34)30-8-10-35-11-9-30/h4-7,12-15H,8-11H2,1-3H3/b22-13-. The van der Waals surface area contributed by atoms with Gasteiger partial charge in [0.1, 0.15) is 0 Å². The lowest BCUT2D eigenvalue weighted by Gasteiger charge is -2.26. The summed E-state index contributed by atoms with van der Waals surface area (Å²) in [6.07, 6.45) is 1.83. The van der Waals surface area contributed by atoms with E-state index in [0.29, 0.717) is 53.2 Å². The van der Waals surface area contributed by atoms with Crippen LogP contribution in [0.25, 0.3) is 17.3 Å². The molecule has 1 fully saturated rings. The molecule has 7 nitrogen and oxygen atoms in total. The fraction of sp³-hybridized carbons (Fsp3) is 0.269. The third-order valence-electron chi connectivity index (χ3n) is 6.69. The number of aromatic nitrogens is 1. The van der Waals surface area contributed by atoms with Gasteiger partial charge in [-0.2, -0.15) is 4.31 Å². The number of aryl methyl sites for hydroxylation is 1. The number of anilines is 1. The molecule has 0 unspecified atom stereocenters. The molecule has 1 saturated heterocycles. The zero-order chi connectivity index (χ0) is 25.8. The van der Waals surface area contributed by atoms with Crippen LogP contribution in [-0.2, 0) is 19.6 Å². The van der Waals surface area contributed by atoms with E-state index in [0.717, 1.165) is 22.6 Å². The van der Waals surface area contributed by atoms with E-state index in [1.165, 1.54) is 4.31 Å². The van der Waals surface area contributed by atoms with E-state index in [1.54, 1.807) is 42.3 Å². The maximum Gasteiger partial charge on any atom is 0.258 e. The fourth-order valence-electron chi connectivity index (χ4n) is 4.78. The van der Waals surface area contributed by atoms with Gasteiger partial charge in [-0.1, -0.05) is 23.2 Å². The number of rotatable bonds is 4. The predicted molar refractivity (Wildman–Crippen MR) is 143 cm³/mol. The average molecular weight is 546 g/mol. The van der Waals surface area contributed by atoms with E-state index >= 15 is 0 Å². The van der Waals surface area contributed by atoms with Crippen molar-refractivity contribution in [3.63, 3.8) is 0 Å². The Labute approximate surface area is 220 Å². The largest absolute Gasteiger partial charge is 0.379 e. The van der Waals surface area contributed by atoms with Gasteiger partial charge >= 0.3 is 0 Å². The molecular weight excluding hydrogens is 521 g/mol. The zero-order valence-corrected chi connectivity index (χ0v) is 22.4. The van der Waals surface area contributed by atoms with E-state index in [2.05, 4.69) is 0 Å². The molecule has 2 aromatic carbocycles. The summed E-state index contributed by atoms with van der Waals surface area (Å²) >= 11 is 12.3. The lowest BCUT2D eigenvalue weighted by Crippen LogP contribution is -2.40. The normalized spacial score (nSPS) is 17.8. The highest BCUT2D eigenvalue weighted by Crippen LogP contribution is 2.39. The van der Waals surface area contributed by atoms with E-state index < -0.39 is 10.0 Å². The Morgan fingerprint density at radius 1 is 0.972 bits per heavy atom. The molecule has 2 aliphatic rings. The number of hydrogen-bond donors (Lipinski definition) is 0. The Balaban J connectivity index is 1.59. The summed E-state index contributed by atoms with van der Waals surface area (Å²) in [5.41, 5.74) is 5.30. The maximum absolute atomic E-state index is 13.3. The Morgan fingerprint density at radius 3 is 2.39 bits per heavy atom. The molecule has 2 aliphatic heterocycles. The summed E-state index contributed by atoms with van der Waals surface area (Å²) < 4.78 is 35.3. The summed E-state index contributed by atoms with van der Waals surface area (Å²) in [7, 11) is -2.01. The van der Waals surface area contributed by atoms with Gasteiger partial charge in [-0.15, -0.1) is 0 Å². The first kappa shape index (κ1) is 25.0. The van der Waals surface area contributed by atoms with E-state index in [-0.39, 0.29) is 10.8 Å². The van der Waals surface area contributed by atoms with Crippen LogP contribution in [0.4, 0.5) is 5.69 Å². The second-order valence-corrected chi connectivity index (χ2v) is 11.6. The molecule has 36 heavy (non-hydrogen) atoms. The monoisotopic (exact) mass is 545 g/mol. The number of sulfonamides is 1. The highest BCUT2D eigenvalue weighted by Gasteiger charge is 2.33. The van der Waals surface area contributed by atoms with Crippen molar-refractivity contribution < 1.29 is 17.9 Å². The summed E-state index contributed by atoms with van der Waals surface area (Å²) in [4.78, 5) is 14.9. The molecule has 0 N–H and O–H groups in total. The Bertz CT molecular complexity index is 1520. The van der Waals surface area contributed by atoms with Crippen molar-refractivity contribution in [2.45, 2.75) is 18.7 Å². The van der Waals surface area contributed by atoms with Crippen molar-refractivity contribution in [2.24, 2.45) is 0 Å². The van der Waals surface area contributed by atoms with E-state index in [1.807, 2.05) is 36.6 Å². The predicted octanol–water partition coefficient (Wildman–Crippen LogP) is 4.94. The van der Waals surface area contributed by atoms with Gasteiger partial charge in [-0.3, -0.25) is 4.79 Å². The number of carbonyl (C=O) groups excluding carboxylic acids is 1. The summed E-state index contributed by atoms with van der Waals surface area (Å²) in [6, 6.07) is 12.3. The number of halogens is 2. The average Bonchev–Trinajstić information content (AvgIpc) is 3.28. The lowest BCUT2D eigenvalue weighted by atomic mass is 10.0. The lowest BCUT2D eigenvalue weighted by molar-refractivity contribution is -0.112. The molecule has 0 aliphatic carbocycles. The number of carbonyl (C=O) groups is 1. The van der Waals surface area contributed by atoms with Gasteiger partial charge in [0.05, 0.1) is 33.8 Å². The number of benzene rings is 2. The first-order valence-corrected chi connectivity index (χ1v) is 13.7. The number of morpholine rings is 1. The van der Waals surface area contributed by atoms with E-state index in [4.69, 9.17) is 27.9 Å². The van der Waals surface area contributed by atoms with Gasteiger partial charge < -0.3 is 14.2 Å². The number of fused-ring (bicyclic) bond motifs is 1. The SMILES string of the molecule is Cc1cc(/C=C2\C(=O)N(C)c3ccc(S(=O)(=O)N4CCOCC4)cc32)c(C)n1-c1ccc(Cl)c(Cl)c1. The molecule has 3 heterocycles. The molecule has 188 valence electrons. The maximum atomic E-state index is 13.3. The quantitative estimate of drug-likeness (QED) is 0.435. The first-order valence-electron chi connectivity index (χ1n) is 11.5. The van der Waals surface area contributed by atoms with Gasteiger partial charge in [0, 0.05) is 48.3 Å². The van der Waals surface area contributed by atoms with Crippen molar-refractivity contribution in [1.82, 2.24) is 8.87 Å². The van der Waals surface area contributed by atoms with Crippen molar-refractivity contribution in [3.05, 3.63) is 75.0 Å². The third kappa shape index (κ3) is 4.17. The number of hydrogen-bond acceptors (Lipinski definition) is 4. The minimum atomic E-state index is -3.70. The second-order valence-electron chi connectivity index (χ2n) is 8.88. The molecule has 0 bridgehead atoms. The van der Waals surface area contributed by atoms with Crippen LogP contribution >= 0.6 is 23.2 Å². The van der Waals surface area contributed by atoms with Crippen molar-refractivity contribution in [2.75, 3.05) is 38.3 Å². The van der Waals surface area contributed by atoms with Gasteiger partial charge in [-0.25, -0.2) is 8.42 Å². The zero-order valence-electron chi connectivity index (χ0n) is 20.1. The van der Waals surface area contributed by atoms with Gasteiger partial charge in [-0.05, 0) is 68.0 Å². The highest BCUT2D eigenvalue weighted by atomic mass is 35.5. The third-order valence-corrected chi connectivity index (χ3v) is 9.33. The number of nitrogens with zero attached hydrogens (tertiary/aromatic N) is 3. The smallest absolute Gasteiger partial charge is 0.258 e. The van der Waals surface area contributed by atoms with Crippen LogP contribution < -0.4 is 4.90 Å². The van der Waals surface area contributed by atoms with Gasteiger partial charge in [0.15, 0.2) is 0 Å². The Kier molecular flexibility index (Phi) is 6.51. The fourth-order valence-corrected chi connectivity index (χ4v) is 6.50. The van der Waals surface area contributed by atoms with Crippen LogP contribution in [0.3, 0.4) is 0 Å². The minimum absolute atomic E-state index is 0.165. The molecular formula is C26H25Cl2N3O4S. The van der Waals surface area contributed by atoms with Crippen LogP contribution in [0.2, 0.25) is 10.0 Å². The van der Waals surface area contributed by atoms with Crippen LogP contribution in [-0.4, -0.2) is 56.5 Å². The number of likely N-dealkylation sites (N-methyl/N-ethyl adjacent to an activating group) is 1. The molecule has 3 aromatic rings. The topological polar surface area (TPSA) is 71.8 Å². The molecule has 1 amide bonds. The van der Waals surface area contributed by atoms with Gasteiger partial charge in [0.2, 0.25) is 10.0 Å². The van der Waals surface area contributed by atoms with Crippen LogP contribution in [0.15, 0.2) is 47.4 Å². The minimum Gasteiger partial charge on any atom is -0.379 e. The van der Waals surface area contributed by atoms with Crippen molar-refractivity contribution in [3.8, 4) is 5.69 Å². The second kappa shape index (κ2) is 9.36.